The van der Waals surface area contributed by atoms with Crippen molar-refractivity contribution >= 4 is 17.1 Å². The Labute approximate surface area is 92.2 Å². The van der Waals surface area contributed by atoms with E-state index < -0.39 is 0 Å². The molecule has 0 unspecified atom stereocenters. The summed E-state index contributed by atoms with van der Waals surface area (Å²) in [4.78, 5) is 11.7. The lowest BCUT2D eigenvalue weighted by Gasteiger charge is -2.13. The Kier molecular flexibility index (Phi) is 1.99. The topological polar surface area (TPSA) is 22.0 Å². The van der Waals surface area contributed by atoms with Crippen molar-refractivity contribution in [1.82, 2.24) is 4.57 Å². The van der Waals surface area contributed by atoms with Crippen LogP contribution in [0.4, 0.5) is 0 Å². The first-order chi connectivity index (χ1) is 7.36. The molecule has 0 fully saturated rings. The standard InChI is InChI=1S/C12H11NOS/c14-12-3-1-2-11-10(12)4-6-13(11)9-5-7-15-8-9/h4-8H,1-3H2. The molecule has 0 atom stereocenters. The first-order valence-corrected chi connectivity index (χ1v) is 6.06. The minimum absolute atomic E-state index is 0.297. The number of thiophene rings is 1. The summed E-state index contributed by atoms with van der Waals surface area (Å²) in [5.41, 5.74) is 3.29. The highest BCUT2D eigenvalue weighted by Crippen LogP contribution is 2.25. The maximum atomic E-state index is 11.7. The van der Waals surface area contributed by atoms with E-state index in [9.17, 15) is 4.79 Å². The van der Waals surface area contributed by atoms with Gasteiger partial charge in [0.2, 0.25) is 0 Å². The van der Waals surface area contributed by atoms with E-state index in [0.717, 1.165) is 18.4 Å². The molecule has 2 aromatic heterocycles. The molecule has 15 heavy (non-hydrogen) atoms. The van der Waals surface area contributed by atoms with Crippen molar-refractivity contribution in [2.24, 2.45) is 0 Å². The quantitative estimate of drug-likeness (QED) is 0.719. The van der Waals surface area contributed by atoms with Crippen molar-refractivity contribution < 1.29 is 4.79 Å². The van der Waals surface area contributed by atoms with Gasteiger partial charge in [-0.15, -0.1) is 0 Å². The highest BCUT2D eigenvalue weighted by atomic mass is 32.1. The van der Waals surface area contributed by atoms with Crippen LogP contribution in [0, 0.1) is 0 Å². The van der Waals surface area contributed by atoms with E-state index in [-0.39, 0.29) is 0 Å². The second-order valence-electron chi connectivity index (χ2n) is 3.80. The first-order valence-electron chi connectivity index (χ1n) is 5.12. The summed E-state index contributed by atoms with van der Waals surface area (Å²) in [6, 6.07) is 4.04. The molecule has 0 bridgehead atoms. The number of fused-ring (bicyclic) bond motifs is 1. The lowest BCUT2D eigenvalue weighted by molar-refractivity contribution is 0.0972. The maximum absolute atomic E-state index is 11.7. The zero-order chi connectivity index (χ0) is 10.3. The Morgan fingerprint density at radius 2 is 2.20 bits per heavy atom. The minimum Gasteiger partial charge on any atom is -0.319 e. The molecule has 2 aromatic rings. The van der Waals surface area contributed by atoms with E-state index >= 15 is 0 Å². The van der Waals surface area contributed by atoms with E-state index in [0.29, 0.717) is 12.2 Å². The fourth-order valence-corrected chi connectivity index (χ4v) is 2.79. The van der Waals surface area contributed by atoms with Crippen molar-refractivity contribution in [2.75, 3.05) is 0 Å². The number of rotatable bonds is 1. The number of hydrogen-bond acceptors (Lipinski definition) is 2. The van der Waals surface area contributed by atoms with Gasteiger partial charge in [0.05, 0.1) is 5.69 Å². The van der Waals surface area contributed by atoms with Gasteiger partial charge in [0.1, 0.15) is 0 Å². The SMILES string of the molecule is O=C1CCCc2c1ccn2-c1ccsc1. The molecule has 0 spiro atoms. The monoisotopic (exact) mass is 217 g/mol. The van der Waals surface area contributed by atoms with Crippen LogP contribution in [0.15, 0.2) is 29.1 Å². The number of carbonyl (C=O) groups excluding carboxylic acids is 1. The molecule has 0 amide bonds. The Morgan fingerprint density at radius 1 is 1.27 bits per heavy atom. The van der Waals surface area contributed by atoms with Gasteiger partial charge in [-0.1, -0.05) is 0 Å². The third kappa shape index (κ3) is 1.35. The van der Waals surface area contributed by atoms with Gasteiger partial charge in [-0.2, -0.15) is 11.3 Å². The van der Waals surface area contributed by atoms with E-state index in [1.54, 1.807) is 11.3 Å². The van der Waals surface area contributed by atoms with Crippen molar-refractivity contribution in [1.29, 1.82) is 0 Å². The summed E-state index contributed by atoms with van der Waals surface area (Å²) in [6.45, 7) is 0. The largest absolute Gasteiger partial charge is 0.319 e. The Bertz CT molecular complexity index is 496. The number of carbonyl (C=O) groups is 1. The molecule has 0 aromatic carbocycles. The van der Waals surface area contributed by atoms with E-state index in [1.165, 1.54) is 11.4 Å². The van der Waals surface area contributed by atoms with Crippen LogP contribution in [0.25, 0.3) is 5.69 Å². The molecule has 0 radical (unpaired) electrons. The first kappa shape index (κ1) is 8.92. The molecule has 76 valence electrons. The molecule has 0 aliphatic heterocycles. The van der Waals surface area contributed by atoms with Gasteiger partial charge < -0.3 is 4.57 Å². The van der Waals surface area contributed by atoms with Crippen molar-refractivity contribution in [3.8, 4) is 5.69 Å². The summed E-state index contributed by atoms with van der Waals surface area (Å²) < 4.78 is 2.14. The Morgan fingerprint density at radius 3 is 3.00 bits per heavy atom. The molecule has 1 aliphatic rings. The summed E-state index contributed by atoms with van der Waals surface area (Å²) in [7, 11) is 0. The lowest BCUT2D eigenvalue weighted by Crippen LogP contribution is -2.11. The highest BCUT2D eigenvalue weighted by Gasteiger charge is 2.20. The summed E-state index contributed by atoms with van der Waals surface area (Å²) in [5, 5.41) is 4.17. The molecule has 0 N–H and O–H groups in total. The smallest absolute Gasteiger partial charge is 0.164 e. The summed E-state index contributed by atoms with van der Waals surface area (Å²) in [6.07, 6.45) is 4.72. The van der Waals surface area contributed by atoms with Gasteiger partial charge in [0.15, 0.2) is 5.78 Å². The molecule has 0 saturated carbocycles. The van der Waals surface area contributed by atoms with Crippen molar-refractivity contribution in [3.63, 3.8) is 0 Å². The van der Waals surface area contributed by atoms with Gasteiger partial charge in [-0.3, -0.25) is 4.79 Å². The van der Waals surface area contributed by atoms with Crippen LogP contribution in [0.1, 0.15) is 28.9 Å². The lowest BCUT2D eigenvalue weighted by atomic mass is 9.97. The highest BCUT2D eigenvalue weighted by molar-refractivity contribution is 7.08. The molecule has 3 rings (SSSR count). The molecule has 0 saturated heterocycles. The number of aromatic nitrogens is 1. The molecule has 3 heteroatoms. The Hall–Kier alpha value is -1.35. The number of Topliss-reactive ketones (excluding diaryl/α,β-unsaturated/α-hetero) is 1. The molecule has 1 aliphatic carbocycles. The van der Waals surface area contributed by atoms with Gasteiger partial charge in [0.25, 0.3) is 0 Å². The second kappa shape index (κ2) is 3.35. The van der Waals surface area contributed by atoms with Crippen LogP contribution in [-0.2, 0) is 6.42 Å². The van der Waals surface area contributed by atoms with Crippen LogP contribution in [0.5, 0.6) is 0 Å². The van der Waals surface area contributed by atoms with E-state index in [4.69, 9.17) is 0 Å². The minimum atomic E-state index is 0.297. The van der Waals surface area contributed by atoms with Crippen LogP contribution in [0.3, 0.4) is 0 Å². The Balaban J connectivity index is 2.15. The van der Waals surface area contributed by atoms with Gasteiger partial charge in [-0.25, -0.2) is 0 Å². The summed E-state index contributed by atoms with van der Waals surface area (Å²) in [5.74, 6) is 0.297. The average molecular weight is 217 g/mol. The van der Waals surface area contributed by atoms with E-state index in [2.05, 4.69) is 21.4 Å². The maximum Gasteiger partial charge on any atom is 0.164 e. The molecule has 2 nitrogen and oxygen atoms in total. The van der Waals surface area contributed by atoms with Crippen LogP contribution >= 0.6 is 11.3 Å². The molecule has 2 heterocycles. The normalized spacial score (nSPS) is 15.3. The fourth-order valence-electron chi connectivity index (χ4n) is 2.16. The van der Waals surface area contributed by atoms with Crippen molar-refractivity contribution in [2.45, 2.75) is 19.3 Å². The molecular weight excluding hydrogens is 206 g/mol. The van der Waals surface area contributed by atoms with Crippen LogP contribution in [-0.4, -0.2) is 10.4 Å². The van der Waals surface area contributed by atoms with Gasteiger partial charge >= 0.3 is 0 Å². The molecular formula is C12H11NOS. The predicted octanol–water partition coefficient (Wildman–Crippen LogP) is 3.06. The zero-order valence-corrected chi connectivity index (χ0v) is 9.09. The summed E-state index contributed by atoms with van der Waals surface area (Å²) >= 11 is 1.68. The number of hydrogen-bond donors (Lipinski definition) is 0. The number of ketones is 1. The third-order valence-electron chi connectivity index (χ3n) is 2.89. The van der Waals surface area contributed by atoms with Crippen LogP contribution < -0.4 is 0 Å². The van der Waals surface area contributed by atoms with Gasteiger partial charge in [-0.05, 0) is 30.4 Å². The van der Waals surface area contributed by atoms with Crippen molar-refractivity contribution in [3.05, 3.63) is 40.3 Å². The van der Waals surface area contributed by atoms with E-state index in [1.807, 2.05) is 12.3 Å². The number of nitrogens with zero attached hydrogens (tertiary/aromatic N) is 1. The third-order valence-corrected chi connectivity index (χ3v) is 3.56. The predicted molar refractivity (Wildman–Crippen MR) is 60.9 cm³/mol. The average Bonchev–Trinajstić information content (AvgIpc) is 2.85. The van der Waals surface area contributed by atoms with Gasteiger partial charge in [0, 0.05) is 29.3 Å². The van der Waals surface area contributed by atoms with Crippen LogP contribution in [0.2, 0.25) is 0 Å². The zero-order valence-electron chi connectivity index (χ0n) is 8.27. The second-order valence-corrected chi connectivity index (χ2v) is 4.58. The fraction of sp³-hybridized carbons (Fsp3) is 0.250.